The molecular formula is C23H22N3+. The van der Waals surface area contributed by atoms with Crippen molar-refractivity contribution in [3.05, 3.63) is 65.9 Å². The lowest BCUT2D eigenvalue weighted by Crippen LogP contribution is -2.27. The summed E-state index contributed by atoms with van der Waals surface area (Å²) < 4.78 is 4.69. The first-order chi connectivity index (χ1) is 12.6. The van der Waals surface area contributed by atoms with Gasteiger partial charge in [0, 0.05) is 11.6 Å². The van der Waals surface area contributed by atoms with Gasteiger partial charge in [0.1, 0.15) is 5.52 Å². The molecule has 0 aliphatic carbocycles. The molecule has 0 bridgehead atoms. The van der Waals surface area contributed by atoms with Crippen LogP contribution in [0.1, 0.15) is 30.9 Å². The Hall–Kier alpha value is -2.94. The van der Waals surface area contributed by atoms with E-state index in [1.165, 1.54) is 44.1 Å². The van der Waals surface area contributed by atoms with Gasteiger partial charge >= 0.3 is 0 Å². The van der Waals surface area contributed by atoms with Crippen molar-refractivity contribution in [3.63, 3.8) is 0 Å². The zero-order chi connectivity index (χ0) is 18.0. The van der Waals surface area contributed by atoms with Crippen molar-refractivity contribution in [1.82, 2.24) is 9.38 Å². The molecule has 0 radical (unpaired) electrons. The van der Waals surface area contributed by atoms with Crippen LogP contribution in [-0.2, 0) is 7.05 Å². The van der Waals surface area contributed by atoms with Gasteiger partial charge in [-0.2, -0.15) is 4.40 Å². The van der Waals surface area contributed by atoms with Gasteiger partial charge in [-0.15, -0.1) is 0 Å². The highest BCUT2D eigenvalue weighted by Gasteiger charge is 2.24. The number of pyridine rings is 2. The van der Waals surface area contributed by atoms with Crippen LogP contribution in [0.15, 0.2) is 54.7 Å². The Bertz CT molecular complexity index is 1330. The van der Waals surface area contributed by atoms with Crippen molar-refractivity contribution in [2.45, 2.75) is 26.7 Å². The number of rotatable bonds is 1. The highest BCUT2D eigenvalue weighted by Crippen LogP contribution is 2.33. The molecule has 5 aromatic rings. The number of para-hydroxylation sites is 2. The molecule has 0 saturated heterocycles. The summed E-state index contributed by atoms with van der Waals surface area (Å²) >= 11 is 0. The molecule has 2 aromatic carbocycles. The van der Waals surface area contributed by atoms with Gasteiger partial charge < -0.3 is 0 Å². The average molecular weight is 340 g/mol. The van der Waals surface area contributed by atoms with E-state index in [9.17, 15) is 0 Å². The Balaban J connectivity index is 2.18. The van der Waals surface area contributed by atoms with Crippen LogP contribution in [0, 0.1) is 6.92 Å². The minimum absolute atomic E-state index is 0.493. The minimum Gasteiger partial charge on any atom is -0.255 e. The highest BCUT2D eigenvalue weighted by molar-refractivity contribution is 6.11. The molecule has 5 rings (SSSR count). The van der Waals surface area contributed by atoms with E-state index in [0.717, 1.165) is 5.52 Å². The van der Waals surface area contributed by atoms with E-state index < -0.39 is 0 Å². The van der Waals surface area contributed by atoms with Crippen molar-refractivity contribution in [3.8, 4) is 0 Å². The monoisotopic (exact) mass is 340 g/mol. The number of fused-ring (bicyclic) bond motifs is 8. The van der Waals surface area contributed by atoms with Gasteiger partial charge in [0.05, 0.1) is 18.0 Å². The molecule has 0 fully saturated rings. The van der Waals surface area contributed by atoms with Crippen LogP contribution in [-0.4, -0.2) is 9.38 Å². The summed E-state index contributed by atoms with van der Waals surface area (Å²) in [6.45, 7) is 6.66. The third-order valence-corrected chi connectivity index (χ3v) is 5.58. The van der Waals surface area contributed by atoms with Crippen molar-refractivity contribution in [2.75, 3.05) is 0 Å². The first-order valence-corrected chi connectivity index (χ1v) is 9.18. The molecule has 0 aliphatic rings. The maximum atomic E-state index is 4.81. The van der Waals surface area contributed by atoms with Crippen LogP contribution >= 0.6 is 0 Å². The largest absolute Gasteiger partial charge is 0.297 e. The van der Waals surface area contributed by atoms with Gasteiger partial charge in [0.15, 0.2) is 11.0 Å². The molecule has 3 nitrogen and oxygen atoms in total. The second kappa shape index (κ2) is 5.28. The molecule has 128 valence electrons. The lowest BCUT2D eigenvalue weighted by molar-refractivity contribution is -0.617. The van der Waals surface area contributed by atoms with Gasteiger partial charge in [0.25, 0.3) is 5.65 Å². The molecule has 0 atom stereocenters. The fourth-order valence-electron chi connectivity index (χ4n) is 4.18. The molecule has 0 N–H and O–H groups in total. The number of hydrogen-bond acceptors (Lipinski definition) is 1. The van der Waals surface area contributed by atoms with E-state index in [0.29, 0.717) is 5.92 Å². The van der Waals surface area contributed by atoms with Gasteiger partial charge in [0.2, 0.25) is 0 Å². The van der Waals surface area contributed by atoms with Crippen LogP contribution in [0.3, 0.4) is 0 Å². The van der Waals surface area contributed by atoms with Crippen molar-refractivity contribution >= 4 is 38.5 Å². The Labute approximate surface area is 152 Å². The molecule has 3 aromatic heterocycles. The van der Waals surface area contributed by atoms with Gasteiger partial charge in [-0.25, -0.2) is 4.57 Å². The summed E-state index contributed by atoms with van der Waals surface area (Å²) in [5.41, 5.74) is 8.59. The number of hydrogen-bond donors (Lipinski definition) is 0. The Kier molecular flexibility index (Phi) is 3.11. The van der Waals surface area contributed by atoms with Crippen LogP contribution in [0.25, 0.3) is 38.5 Å². The SMILES string of the molecule is Cc1ccnc2c3cc(C(C)C)ccc3n3c4ccccc4[n+](C)c3c12. The topological polar surface area (TPSA) is 21.2 Å². The Morgan fingerprint density at radius 1 is 1.00 bits per heavy atom. The standard InChI is InChI=1S/C23H22N3/c1-14(2)16-9-10-18-17(13-16)22-21(15(3)11-12-24-22)23-25(4)19-7-5-6-8-20(19)26(18)23/h5-14H,1-4H3/q+1. The maximum absolute atomic E-state index is 4.81. The fraction of sp³-hybridized carbons (Fsp3) is 0.217. The summed E-state index contributed by atoms with van der Waals surface area (Å²) in [5, 5.41) is 2.46. The van der Waals surface area contributed by atoms with Crippen molar-refractivity contribution in [2.24, 2.45) is 7.05 Å². The molecule has 3 heterocycles. The Morgan fingerprint density at radius 3 is 2.62 bits per heavy atom. The third kappa shape index (κ3) is 1.88. The number of nitrogens with zero attached hydrogens (tertiary/aromatic N) is 3. The van der Waals surface area contributed by atoms with E-state index >= 15 is 0 Å². The Morgan fingerprint density at radius 2 is 1.81 bits per heavy atom. The minimum atomic E-state index is 0.493. The number of aryl methyl sites for hydroxylation is 2. The smallest absolute Gasteiger partial charge is 0.255 e. The normalized spacial score (nSPS) is 12.2. The molecule has 0 amide bonds. The highest BCUT2D eigenvalue weighted by atomic mass is 15.1. The zero-order valence-electron chi connectivity index (χ0n) is 15.6. The first-order valence-electron chi connectivity index (χ1n) is 9.18. The predicted octanol–water partition coefficient (Wildman–Crippen LogP) is 5.05. The van der Waals surface area contributed by atoms with Gasteiger partial charge in [-0.1, -0.05) is 32.0 Å². The van der Waals surface area contributed by atoms with E-state index in [1.54, 1.807) is 0 Å². The molecule has 0 aliphatic heterocycles. The molecule has 0 saturated carbocycles. The third-order valence-electron chi connectivity index (χ3n) is 5.58. The molecule has 26 heavy (non-hydrogen) atoms. The quantitative estimate of drug-likeness (QED) is 0.309. The second-order valence-electron chi connectivity index (χ2n) is 7.49. The fourth-order valence-corrected chi connectivity index (χ4v) is 4.18. The number of benzene rings is 2. The molecule has 0 spiro atoms. The van der Waals surface area contributed by atoms with Crippen LogP contribution in [0.2, 0.25) is 0 Å². The number of imidazole rings is 1. The van der Waals surface area contributed by atoms with Crippen molar-refractivity contribution < 1.29 is 4.57 Å². The summed E-state index contributed by atoms with van der Waals surface area (Å²) in [5.74, 6) is 0.493. The summed E-state index contributed by atoms with van der Waals surface area (Å²) in [6.07, 6.45) is 1.93. The van der Waals surface area contributed by atoms with Crippen molar-refractivity contribution in [1.29, 1.82) is 0 Å². The van der Waals surface area contributed by atoms with E-state index in [1.807, 2.05) is 6.20 Å². The maximum Gasteiger partial charge on any atom is 0.297 e. The predicted molar refractivity (Wildman–Crippen MR) is 108 cm³/mol. The molecular weight excluding hydrogens is 318 g/mol. The lowest BCUT2D eigenvalue weighted by atomic mass is 9.99. The lowest BCUT2D eigenvalue weighted by Gasteiger charge is -2.10. The zero-order valence-corrected chi connectivity index (χ0v) is 15.6. The summed E-state index contributed by atoms with van der Waals surface area (Å²) in [6, 6.07) is 17.6. The van der Waals surface area contributed by atoms with Crippen LogP contribution in [0.5, 0.6) is 0 Å². The van der Waals surface area contributed by atoms with Crippen LogP contribution in [0.4, 0.5) is 0 Å². The summed E-state index contributed by atoms with van der Waals surface area (Å²) in [4.78, 5) is 4.81. The van der Waals surface area contributed by atoms with E-state index in [2.05, 4.69) is 85.3 Å². The first kappa shape index (κ1) is 15.3. The van der Waals surface area contributed by atoms with E-state index in [-0.39, 0.29) is 0 Å². The average Bonchev–Trinajstić information content (AvgIpc) is 2.95. The molecule has 3 heteroatoms. The van der Waals surface area contributed by atoms with E-state index in [4.69, 9.17) is 4.98 Å². The van der Waals surface area contributed by atoms with Gasteiger partial charge in [-0.05, 0) is 54.3 Å². The van der Waals surface area contributed by atoms with Crippen LogP contribution < -0.4 is 4.57 Å². The second-order valence-corrected chi connectivity index (χ2v) is 7.49. The molecule has 0 unspecified atom stereocenters. The summed E-state index contributed by atoms with van der Waals surface area (Å²) in [7, 11) is 2.15. The number of aromatic nitrogens is 3. The van der Waals surface area contributed by atoms with Gasteiger partial charge in [-0.3, -0.25) is 4.98 Å².